The molecule has 0 aromatic rings. The number of aliphatic hydroxyl groups excluding tert-OH is 1. The van der Waals surface area contributed by atoms with E-state index in [0.717, 1.165) is 11.0 Å². The van der Waals surface area contributed by atoms with Gasteiger partial charge < -0.3 is 9.59 Å². The van der Waals surface area contributed by atoms with Gasteiger partial charge in [0.05, 0.1) is 27.7 Å². The van der Waals surface area contributed by atoms with Crippen LogP contribution in [-0.4, -0.2) is 96.5 Å². The van der Waals surface area contributed by atoms with Crippen molar-refractivity contribution in [2.75, 3.05) is 34.3 Å². The zero-order chi connectivity index (χ0) is 5.91. The summed E-state index contributed by atoms with van der Waals surface area (Å²) < 4.78 is 0.844. The van der Waals surface area contributed by atoms with Gasteiger partial charge in [-0.2, -0.15) is 0 Å². The van der Waals surface area contributed by atoms with Crippen molar-refractivity contribution in [3.8, 4) is 0 Å². The molecule has 66 valence electrons. The Kier molecular flexibility index (Phi) is 39.7. The molecule has 2 nitrogen and oxygen atoms in total. The van der Waals surface area contributed by atoms with Crippen LogP contribution in [0, 0.1) is 0 Å². The van der Waals surface area contributed by atoms with Crippen molar-refractivity contribution >= 4 is 82.0 Å². The van der Waals surface area contributed by atoms with Gasteiger partial charge in [0.2, 0.25) is 0 Å². The molecular formula is C5H19BrClMgNNaO+. The van der Waals surface area contributed by atoms with Gasteiger partial charge in [-0.3, -0.25) is 0 Å². The van der Waals surface area contributed by atoms with E-state index in [-0.39, 0.29) is 88.6 Å². The first-order chi connectivity index (χ1) is 3.06. The van der Waals surface area contributed by atoms with E-state index < -0.39 is 0 Å². The van der Waals surface area contributed by atoms with Gasteiger partial charge in [-0.25, -0.2) is 0 Å². The molecule has 0 amide bonds. The van der Waals surface area contributed by atoms with Crippen LogP contribution >= 0.6 is 29.4 Å². The number of rotatable bonds is 2. The molecule has 0 saturated heterocycles. The van der Waals surface area contributed by atoms with Gasteiger partial charge in [-0.05, 0) is 0 Å². The van der Waals surface area contributed by atoms with E-state index in [4.69, 9.17) is 5.11 Å². The third-order valence-corrected chi connectivity index (χ3v) is 0.771. The summed E-state index contributed by atoms with van der Waals surface area (Å²) >= 11 is 0. The molecule has 0 aliphatic heterocycles. The summed E-state index contributed by atoms with van der Waals surface area (Å²) in [5, 5.41) is 8.39. The second-order valence-electron chi connectivity index (χ2n) is 2.74. The van der Waals surface area contributed by atoms with Crippen LogP contribution < -0.4 is 0 Å². The second-order valence-corrected chi connectivity index (χ2v) is 2.74. The van der Waals surface area contributed by atoms with E-state index in [1.54, 1.807) is 0 Å². The molecule has 6 heteroatoms. The zero-order valence-corrected chi connectivity index (χ0v) is 8.65. The van der Waals surface area contributed by atoms with E-state index in [2.05, 4.69) is 21.1 Å². The minimum absolute atomic E-state index is 0. The van der Waals surface area contributed by atoms with Gasteiger partial charge in [-0.15, -0.1) is 29.4 Å². The number of likely N-dealkylation sites (N-methyl/N-ethyl adjacent to an activating group) is 1. The summed E-state index contributed by atoms with van der Waals surface area (Å²) in [6.07, 6.45) is 0. The normalized spacial score (nSPS) is 7.64. The maximum absolute atomic E-state index is 8.39. The Balaban J connectivity index is -0.0000000300. The topological polar surface area (TPSA) is 20.2 Å². The summed E-state index contributed by atoms with van der Waals surface area (Å²) in [7, 11) is 6.16. The SMILES string of the molecule is Br.C[N+](C)(C)CCO.Cl.[MgH2].[NaH]. The summed E-state index contributed by atoms with van der Waals surface area (Å²) in [5.74, 6) is 0. The van der Waals surface area contributed by atoms with Gasteiger partial charge in [0.25, 0.3) is 0 Å². The summed E-state index contributed by atoms with van der Waals surface area (Å²) in [6, 6.07) is 0. The number of nitrogens with zero attached hydrogens (tertiary/aromatic N) is 1. The van der Waals surface area contributed by atoms with E-state index in [9.17, 15) is 0 Å². The maximum atomic E-state index is 8.39. The summed E-state index contributed by atoms with van der Waals surface area (Å²) in [4.78, 5) is 0. The molecule has 0 saturated carbocycles. The Morgan fingerprint density at radius 1 is 1.18 bits per heavy atom. The van der Waals surface area contributed by atoms with Crippen LogP contribution in [0.25, 0.3) is 0 Å². The van der Waals surface area contributed by atoms with Crippen molar-refractivity contribution in [3.63, 3.8) is 0 Å². The van der Waals surface area contributed by atoms with Gasteiger partial charge in [-0.1, -0.05) is 0 Å². The predicted octanol–water partition coefficient (Wildman–Crippen LogP) is -0.880. The summed E-state index contributed by atoms with van der Waals surface area (Å²) in [6.45, 7) is 1.11. The van der Waals surface area contributed by atoms with E-state index >= 15 is 0 Å². The molecular weight excluding hydrogens is 253 g/mol. The van der Waals surface area contributed by atoms with Crippen molar-refractivity contribution < 1.29 is 9.59 Å². The molecule has 11 heavy (non-hydrogen) atoms. The molecule has 0 spiro atoms. The van der Waals surface area contributed by atoms with Crippen molar-refractivity contribution in [2.45, 2.75) is 0 Å². The molecule has 0 rings (SSSR count). The molecule has 0 fully saturated rings. The second kappa shape index (κ2) is 15.0. The predicted molar refractivity (Wildman–Crippen MR) is 63.2 cm³/mol. The average molecular weight is 272 g/mol. The molecule has 0 aromatic carbocycles. The van der Waals surface area contributed by atoms with Crippen LogP contribution in [0.4, 0.5) is 0 Å². The first-order valence-electron chi connectivity index (χ1n) is 2.47. The van der Waals surface area contributed by atoms with Crippen LogP contribution in [0.15, 0.2) is 0 Å². The van der Waals surface area contributed by atoms with Crippen molar-refractivity contribution in [1.29, 1.82) is 0 Å². The minimum atomic E-state index is 0. The Morgan fingerprint density at radius 3 is 1.45 bits per heavy atom. The third kappa shape index (κ3) is 32.7. The average Bonchev–Trinajstić information content (AvgIpc) is 1.30. The first-order valence-corrected chi connectivity index (χ1v) is 2.47. The fraction of sp³-hybridized carbons (Fsp3) is 1.00. The Labute approximate surface area is 124 Å². The van der Waals surface area contributed by atoms with Gasteiger partial charge in [0, 0.05) is 0 Å². The molecule has 1 N–H and O–H groups in total. The molecule has 0 aliphatic carbocycles. The fourth-order valence-electron chi connectivity index (χ4n) is 0.300. The van der Waals surface area contributed by atoms with Crippen LogP contribution in [0.3, 0.4) is 0 Å². The number of quaternary nitrogens is 1. The number of hydrogen-bond donors (Lipinski definition) is 1. The third-order valence-electron chi connectivity index (χ3n) is 0.771. The van der Waals surface area contributed by atoms with Crippen molar-refractivity contribution in [1.82, 2.24) is 0 Å². The zero-order valence-electron chi connectivity index (χ0n) is 6.13. The summed E-state index contributed by atoms with van der Waals surface area (Å²) in [5.41, 5.74) is 0. The van der Waals surface area contributed by atoms with Crippen LogP contribution in [0.1, 0.15) is 0 Å². The van der Waals surface area contributed by atoms with Crippen molar-refractivity contribution in [2.24, 2.45) is 0 Å². The monoisotopic (exact) mass is 270 g/mol. The Hall–Kier alpha value is 2.46. The Morgan fingerprint density at radius 2 is 1.45 bits per heavy atom. The van der Waals surface area contributed by atoms with Crippen LogP contribution in [-0.2, 0) is 0 Å². The molecule has 0 atom stereocenters. The molecule has 0 bridgehead atoms. The Bertz CT molecular complexity index is 64.9. The number of aliphatic hydroxyl groups is 1. The molecule has 0 unspecified atom stereocenters. The van der Waals surface area contributed by atoms with Gasteiger partial charge in [0.15, 0.2) is 0 Å². The molecule has 0 radical (unpaired) electrons. The van der Waals surface area contributed by atoms with Crippen LogP contribution in [0.5, 0.6) is 0 Å². The van der Waals surface area contributed by atoms with Crippen LogP contribution in [0.2, 0.25) is 0 Å². The number of halogens is 2. The molecule has 0 aromatic heterocycles. The quantitative estimate of drug-likeness (QED) is 0.511. The standard InChI is InChI=1S/C5H14NO.BrH.ClH.Mg.Na.3H/c1-6(2,3)4-5-7;;;;;;;/h7H,4-5H2,1-3H3;2*1H;;;;;/q+1;;;;;;;. The van der Waals surface area contributed by atoms with Gasteiger partial charge in [0.1, 0.15) is 6.54 Å². The van der Waals surface area contributed by atoms with E-state index in [1.807, 2.05) is 0 Å². The van der Waals surface area contributed by atoms with Gasteiger partial charge >= 0.3 is 52.6 Å². The first kappa shape index (κ1) is 29.2. The molecule has 0 heterocycles. The molecule has 0 aliphatic rings. The number of hydrogen-bond acceptors (Lipinski definition) is 1. The van der Waals surface area contributed by atoms with Crippen molar-refractivity contribution in [3.05, 3.63) is 0 Å². The van der Waals surface area contributed by atoms with E-state index in [1.165, 1.54) is 0 Å². The fourth-order valence-corrected chi connectivity index (χ4v) is 0.300. The van der Waals surface area contributed by atoms with E-state index in [0.29, 0.717) is 0 Å².